The molecular formula is C29H37NO3. The molecule has 5 rings (SSSR count). The average molecular weight is 448 g/mol. The van der Waals surface area contributed by atoms with Crippen LogP contribution in [0.1, 0.15) is 63.4 Å². The monoisotopic (exact) mass is 447 g/mol. The van der Waals surface area contributed by atoms with Crippen LogP contribution in [-0.4, -0.2) is 42.3 Å². The van der Waals surface area contributed by atoms with Gasteiger partial charge in [-0.25, -0.2) is 0 Å². The highest BCUT2D eigenvalue weighted by Gasteiger charge is 2.61. The number of nitrogens with zero attached hydrogens (tertiary/aromatic N) is 1. The highest BCUT2D eigenvalue weighted by Crippen LogP contribution is 2.67. The Kier molecular flexibility index (Phi) is 5.65. The van der Waals surface area contributed by atoms with E-state index >= 15 is 0 Å². The van der Waals surface area contributed by atoms with Crippen LogP contribution in [-0.2, 0) is 4.79 Å². The van der Waals surface area contributed by atoms with Gasteiger partial charge in [-0.3, -0.25) is 4.79 Å². The summed E-state index contributed by atoms with van der Waals surface area (Å²) in [5, 5.41) is 21.3. The van der Waals surface area contributed by atoms with E-state index < -0.39 is 5.60 Å². The number of hydrogen-bond donors (Lipinski definition) is 2. The Morgan fingerprint density at radius 1 is 1.12 bits per heavy atom. The number of carbonyl (C=O) groups excluding carboxylic acids is 1. The second-order valence-corrected chi connectivity index (χ2v) is 11.0. The van der Waals surface area contributed by atoms with E-state index in [1.165, 1.54) is 22.4 Å². The number of aliphatic hydroxyl groups is 2. The van der Waals surface area contributed by atoms with Gasteiger partial charge in [-0.15, -0.1) is 0 Å². The van der Waals surface area contributed by atoms with Crippen molar-refractivity contribution in [2.45, 2.75) is 63.4 Å². The fourth-order valence-corrected chi connectivity index (χ4v) is 7.52. The van der Waals surface area contributed by atoms with E-state index in [-0.39, 0.29) is 23.7 Å². The van der Waals surface area contributed by atoms with Crippen molar-refractivity contribution in [1.29, 1.82) is 0 Å². The van der Waals surface area contributed by atoms with Gasteiger partial charge in [0, 0.05) is 37.5 Å². The van der Waals surface area contributed by atoms with Gasteiger partial charge in [-0.2, -0.15) is 0 Å². The maximum Gasteiger partial charge on any atom is 0.156 e. The first-order chi connectivity index (χ1) is 15.8. The molecule has 4 aliphatic rings. The molecule has 2 fully saturated rings. The maximum atomic E-state index is 12.2. The smallest absolute Gasteiger partial charge is 0.156 e. The molecule has 0 radical (unpaired) electrons. The Hall–Kier alpha value is -2.17. The normalized spacial score (nSPS) is 35.8. The molecule has 0 heterocycles. The summed E-state index contributed by atoms with van der Waals surface area (Å²) in [7, 11) is 4.12. The Labute approximate surface area is 197 Å². The molecular weight excluding hydrogens is 410 g/mol. The third-order valence-electron chi connectivity index (χ3n) is 9.26. The number of carbonyl (C=O) groups is 1. The van der Waals surface area contributed by atoms with Crippen molar-refractivity contribution in [3.8, 4) is 0 Å². The van der Waals surface area contributed by atoms with E-state index in [4.69, 9.17) is 0 Å². The molecule has 0 aliphatic heterocycles. The van der Waals surface area contributed by atoms with Crippen LogP contribution >= 0.6 is 0 Å². The number of hydrogen-bond acceptors (Lipinski definition) is 4. The molecule has 3 unspecified atom stereocenters. The summed E-state index contributed by atoms with van der Waals surface area (Å²) in [5.41, 5.74) is 5.62. The van der Waals surface area contributed by atoms with Gasteiger partial charge in [-0.1, -0.05) is 36.8 Å². The number of benzene rings is 1. The Morgan fingerprint density at radius 2 is 1.88 bits per heavy atom. The van der Waals surface area contributed by atoms with Crippen LogP contribution in [0.3, 0.4) is 0 Å². The zero-order chi connectivity index (χ0) is 23.4. The summed E-state index contributed by atoms with van der Waals surface area (Å²) in [5.74, 6) is 1.38. The second-order valence-electron chi connectivity index (χ2n) is 11.0. The van der Waals surface area contributed by atoms with Crippen molar-refractivity contribution in [3.63, 3.8) is 0 Å². The van der Waals surface area contributed by atoms with E-state index in [1.807, 2.05) is 12.2 Å². The summed E-state index contributed by atoms with van der Waals surface area (Å²) in [4.78, 5) is 14.3. The molecule has 0 aromatic heterocycles. The Balaban J connectivity index is 1.65. The zero-order valence-corrected chi connectivity index (χ0v) is 20.2. The van der Waals surface area contributed by atoms with Gasteiger partial charge < -0.3 is 15.1 Å². The SMILES string of the molecule is CN(C)c1ccc([C@H]2CC3(C)C(CC[C@@]3(O)C=CCO)C3CCC4=CC(=O)CCC4=C32)cc1. The van der Waals surface area contributed by atoms with Crippen LogP contribution in [0.2, 0.25) is 0 Å². The first-order valence-electron chi connectivity index (χ1n) is 12.5. The van der Waals surface area contributed by atoms with E-state index in [9.17, 15) is 15.0 Å². The van der Waals surface area contributed by atoms with Gasteiger partial charge in [0.15, 0.2) is 5.78 Å². The predicted molar refractivity (Wildman–Crippen MR) is 132 cm³/mol. The average Bonchev–Trinajstić information content (AvgIpc) is 3.07. The number of fused-ring (bicyclic) bond motifs is 4. The molecule has 4 nitrogen and oxygen atoms in total. The first kappa shape index (κ1) is 22.6. The molecule has 5 atom stereocenters. The molecule has 0 saturated heterocycles. The molecule has 1 aromatic carbocycles. The van der Waals surface area contributed by atoms with Crippen LogP contribution in [0.25, 0.3) is 0 Å². The molecule has 176 valence electrons. The fraction of sp³-hybridized carbons (Fsp3) is 0.552. The predicted octanol–water partition coefficient (Wildman–Crippen LogP) is 4.93. The van der Waals surface area contributed by atoms with Gasteiger partial charge in [0.25, 0.3) is 0 Å². The lowest BCUT2D eigenvalue weighted by Crippen LogP contribution is -2.50. The van der Waals surface area contributed by atoms with Crippen molar-refractivity contribution < 1.29 is 15.0 Å². The number of anilines is 1. The third kappa shape index (κ3) is 3.54. The molecule has 4 heteroatoms. The summed E-state index contributed by atoms with van der Waals surface area (Å²) in [6.45, 7) is 2.24. The van der Waals surface area contributed by atoms with Crippen molar-refractivity contribution in [3.05, 3.63) is 64.8 Å². The van der Waals surface area contributed by atoms with E-state index in [1.54, 1.807) is 11.6 Å². The molecule has 1 aromatic rings. The third-order valence-corrected chi connectivity index (χ3v) is 9.26. The van der Waals surface area contributed by atoms with Crippen LogP contribution in [0.5, 0.6) is 0 Å². The number of aliphatic hydroxyl groups excluding tert-OH is 1. The molecule has 33 heavy (non-hydrogen) atoms. The van der Waals surface area contributed by atoms with Gasteiger partial charge in [0.1, 0.15) is 0 Å². The first-order valence-corrected chi connectivity index (χ1v) is 12.5. The van der Waals surface area contributed by atoms with Gasteiger partial charge >= 0.3 is 0 Å². The van der Waals surface area contributed by atoms with Gasteiger partial charge in [-0.05, 0) is 85.3 Å². The highest BCUT2D eigenvalue weighted by atomic mass is 16.3. The minimum Gasteiger partial charge on any atom is -0.392 e. The van der Waals surface area contributed by atoms with E-state index in [0.29, 0.717) is 18.3 Å². The lowest BCUT2D eigenvalue weighted by molar-refractivity contribution is -0.114. The fourth-order valence-electron chi connectivity index (χ4n) is 7.52. The van der Waals surface area contributed by atoms with Crippen molar-refractivity contribution >= 4 is 11.5 Å². The molecule has 4 aliphatic carbocycles. The summed E-state index contributed by atoms with van der Waals surface area (Å²) < 4.78 is 0. The minimum atomic E-state index is -0.892. The molecule has 0 spiro atoms. The van der Waals surface area contributed by atoms with Gasteiger partial charge in [0.2, 0.25) is 0 Å². The summed E-state index contributed by atoms with van der Waals surface area (Å²) in [6, 6.07) is 8.91. The lowest BCUT2D eigenvalue weighted by Gasteiger charge is -2.54. The Bertz CT molecular complexity index is 1030. The van der Waals surface area contributed by atoms with Crippen LogP contribution < -0.4 is 4.90 Å². The molecule has 2 saturated carbocycles. The zero-order valence-electron chi connectivity index (χ0n) is 20.2. The van der Waals surface area contributed by atoms with Crippen molar-refractivity contribution in [2.75, 3.05) is 25.6 Å². The lowest BCUT2D eigenvalue weighted by atomic mass is 9.51. The van der Waals surface area contributed by atoms with Crippen molar-refractivity contribution in [2.24, 2.45) is 17.3 Å². The van der Waals surface area contributed by atoms with E-state index in [2.05, 4.69) is 50.2 Å². The minimum absolute atomic E-state index is 0.0423. The number of rotatable bonds is 4. The van der Waals surface area contributed by atoms with Gasteiger partial charge in [0.05, 0.1) is 12.2 Å². The number of allylic oxidation sites excluding steroid dienone is 4. The maximum absolute atomic E-state index is 12.2. The highest BCUT2D eigenvalue weighted by molar-refractivity contribution is 5.93. The quantitative estimate of drug-likeness (QED) is 0.643. The number of ketones is 1. The molecule has 2 N–H and O–H groups in total. The second kappa shape index (κ2) is 8.25. The van der Waals surface area contributed by atoms with E-state index in [0.717, 1.165) is 38.5 Å². The Morgan fingerprint density at radius 3 is 2.58 bits per heavy atom. The largest absolute Gasteiger partial charge is 0.392 e. The van der Waals surface area contributed by atoms with Crippen LogP contribution in [0.15, 0.2) is 59.2 Å². The van der Waals surface area contributed by atoms with Crippen LogP contribution in [0.4, 0.5) is 5.69 Å². The topological polar surface area (TPSA) is 60.8 Å². The molecule has 0 amide bonds. The van der Waals surface area contributed by atoms with Crippen molar-refractivity contribution in [1.82, 2.24) is 0 Å². The van der Waals surface area contributed by atoms with Crippen LogP contribution in [0, 0.1) is 17.3 Å². The molecule has 0 bridgehead atoms. The standard InChI is InChI=1S/C29H37NO3/c1-28-18-25(19-5-8-21(9-6-19)30(2)3)27-23-12-10-22(32)17-20(23)7-11-24(27)26(28)13-15-29(28,33)14-4-16-31/h4-6,8-9,14,17,24-26,31,33H,7,10-13,15-16,18H2,1-3H3/t24?,25-,26?,28?,29+/m1/s1. The summed E-state index contributed by atoms with van der Waals surface area (Å²) in [6.07, 6.45) is 11.7. The summed E-state index contributed by atoms with van der Waals surface area (Å²) >= 11 is 0.